The molecular formula is C16H21BrFNO2. The van der Waals surface area contributed by atoms with Crippen molar-refractivity contribution in [3.8, 4) is 0 Å². The molecule has 0 radical (unpaired) electrons. The average molecular weight is 358 g/mol. The van der Waals surface area contributed by atoms with Gasteiger partial charge < -0.3 is 10.4 Å². The molecule has 21 heavy (non-hydrogen) atoms. The third-order valence-corrected chi connectivity index (χ3v) is 4.77. The summed E-state index contributed by atoms with van der Waals surface area (Å²) >= 11 is 3.16. The molecule has 0 aromatic heterocycles. The molecule has 5 heteroatoms. The predicted molar refractivity (Wildman–Crippen MR) is 83.6 cm³/mol. The van der Waals surface area contributed by atoms with Gasteiger partial charge in [0, 0.05) is 16.6 Å². The van der Waals surface area contributed by atoms with Gasteiger partial charge in [0.05, 0.1) is 5.60 Å². The van der Waals surface area contributed by atoms with Crippen molar-refractivity contribution in [1.29, 1.82) is 0 Å². The summed E-state index contributed by atoms with van der Waals surface area (Å²) in [6, 6.07) is 4.06. The van der Waals surface area contributed by atoms with E-state index in [9.17, 15) is 14.3 Å². The van der Waals surface area contributed by atoms with Gasteiger partial charge >= 0.3 is 0 Å². The van der Waals surface area contributed by atoms with Crippen molar-refractivity contribution in [3.63, 3.8) is 0 Å². The number of benzene rings is 1. The third kappa shape index (κ3) is 4.51. The number of halogens is 2. The second kappa shape index (κ2) is 6.88. The Bertz CT molecular complexity index is 493. The topological polar surface area (TPSA) is 49.3 Å². The maximum atomic E-state index is 13.3. The SMILES string of the molecule is CCC1CCC(O)(CNC(=O)c2cc(F)cc(Br)c2)CC1. The van der Waals surface area contributed by atoms with Crippen molar-refractivity contribution in [1.82, 2.24) is 5.32 Å². The summed E-state index contributed by atoms with van der Waals surface area (Å²) in [5.74, 6) is -0.141. The van der Waals surface area contributed by atoms with E-state index in [-0.39, 0.29) is 18.0 Å². The molecule has 1 fully saturated rings. The summed E-state index contributed by atoms with van der Waals surface area (Å²) in [7, 11) is 0. The molecule has 1 aliphatic carbocycles. The Morgan fingerprint density at radius 3 is 2.67 bits per heavy atom. The molecule has 2 rings (SSSR count). The monoisotopic (exact) mass is 357 g/mol. The minimum atomic E-state index is -0.827. The first-order valence-electron chi connectivity index (χ1n) is 7.38. The van der Waals surface area contributed by atoms with E-state index < -0.39 is 11.4 Å². The molecule has 0 saturated heterocycles. The minimum absolute atomic E-state index is 0.219. The minimum Gasteiger partial charge on any atom is -0.388 e. The zero-order valence-corrected chi connectivity index (χ0v) is 13.7. The molecule has 2 N–H and O–H groups in total. The predicted octanol–water partition coefficient (Wildman–Crippen LogP) is 3.65. The van der Waals surface area contributed by atoms with Crippen LogP contribution in [-0.2, 0) is 0 Å². The fourth-order valence-corrected chi connectivity index (χ4v) is 3.30. The second-order valence-corrected chi connectivity index (χ2v) is 6.83. The largest absolute Gasteiger partial charge is 0.388 e. The van der Waals surface area contributed by atoms with Gasteiger partial charge in [0.25, 0.3) is 5.91 Å². The lowest BCUT2D eigenvalue weighted by atomic mass is 9.78. The van der Waals surface area contributed by atoms with E-state index in [1.165, 1.54) is 12.1 Å². The smallest absolute Gasteiger partial charge is 0.251 e. The van der Waals surface area contributed by atoms with Crippen LogP contribution in [0.4, 0.5) is 4.39 Å². The van der Waals surface area contributed by atoms with Gasteiger partial charge in [-0.15, -0.1) is 0 Å². The highest BCUT2D eigenvalue weighted by Crippen LogP contribution is 2.33. The van der Waals surface area contributed by atoms with Gasteiger partial charge in [-0.05, 0) is 49.8 Å². The lowest BCUT2D eigenvalue weighted by Crippen LogP contribution is -2.45. The van der Waals surface area contributed by atoms with Crippen LogP contribution in [0.15, 0.2) is 22.7 Å². The summed E-state index contributed by atoms with van der Waals surface area (Å²) < 4.78 is 13.8. The maximum absolute atomic E-state index is 13.3. The molecule has 0 heterocycles. The van der Waals surface area contributed by atoms with Crippen LogP contribution in [0.2, 0.25) is 0 Å². The van der Waals surface area contributed by atoms with Crippen molar-refractivity contribution in [2.75, 3.05) is 6.54 Å². The summed E-state index contributed by atoms with van der Waals surface area (Å²) in [5, 5.41) is 13.2. The fourth-order valence-electron chi connectivity index (χ4n) is 2.83. The molecule has 0 atom stereocenters. The molecule has 1 aromatic carbocycles. The van der Waals surface area contributed by atoms with Crippen LogP contribution < -0.4 is 5.32 Å². The van der Waals surface area contributed by atoms with Gasteiger partial charge in [-0.1, -0.05) is 29.3 Å². The highest BCUT2D eigenvalue weighted by molar-refractivity contribution is 9.10. The number of hydrogen-bond acceptors (Lipinski definition) is 2. The normalized spacial score (nSPS) is 25.6. The van der Waals surface area contributed by atoms with E-state index in [2.05, 4.69) is 28.2 Å². The number of carbonyl (C=O) groups is 1. The molecule has 1 aliphatic rings. The number of hydrogen-bond donors (Lipinski definition) is 2. The lowest BCUT2D eigenvalue weighted by molar-refractivity contribution is -0.00786. The van der Waals surface area contributed by atoms with Crippen molar-refractivity contribution in [3.05, 3.63) is 34.1 Å². The number of amides is 1. The molecule has 0 aliphatic heterocycles. The van der Waals surface area contributed by atoms with Gasteiger partial charge in [-0.2, -0.15) is 0 Å². The number of carbonyl (C=O) groups excluding carboxylic acids is 1. The van der Waals surface area contributed by atoms with E-state index >= 15 is 0 Å². The van der Waals surface area contributed by atoms with Gasteiger partial charge in [-0.25, -0.2) is 4.39 Å². The Kier molecular flexibility index (Phi) is 5.38. The van der Waals surface area contributed by atoms with E-state index in [1.54, 1.807) is 6.07 Å². The summed E-state index contributed by atoms with van der Waals surface area (Å²) in [4.78, 5) is 12.0. The maximum Gasteiger partial charge on any atom is 0.251 e. The van der Waals surface area contributed by atoms with Crippen molar-refractivity contribution >= 4 is 21.8 Å². The Morgan fingerprint density at radius 1 is 1.43 bits per heavy atom. The summed E-state index contributed by atoms with van der Waals surface area (Å²) in [5.41, 5.74) is -0.570. The highest BCUT2D eigenvalue weighted by atomic mass is 79.9. The van der Waals surface area contributed by atoms with Crippen molar-refractivity contribution < 1.29 is 14.3 Å². The second-order valence-electron chi connectivity index (χ2n) is 5.92. The quantitative estimate of drug-likeness (QED) is 0.863. The van der Waals surface area contributed by atoms with E-state index in [0.29, 0.717) is 23.2 Å². The molecule has 1 amide bonds. The summed E-state index contributed by atoms with van der Waals surface area (Å²) in [6.45, 7) is 2.38. The number of aliphatic hydroxyl groups is 1. The first-order valence-corrected chi connectivity index (χ1v) is 8.18. The zero-order valence-electron chi connectivity index (χ0n) is 12.2. The van der Waals surface area contributed by atoms with Crippen LogP contribution in [-0.4, -0.2) is 23.2 Å². The van der Waals surface area contributed by atoms with Crippen molar-refractivity contribution in [2.45, 2.75) is 44.6 Å². The van der Waals surface area contributed by atoms with E-state index in [1.807, 2.05) is 0 Å². The average Bonchev–Trinajstić information content (AvgIpc) is 2.45. The Balaban J connectivity index is 1.92. The van der Waals surface area contributed by atoms with Crippen LogP contribution in [0.5, 0.6) is 0 Å². The standard InChI is InChI=1S/C16H21BrFNO2/c1-2-11-3-5-16(21,6-4-11)10-19-15(20)12-7-13(17)9-14(18)8-12/h7-9,11,21H,2-6,10H2,1H3,(H,19,20). The molecule has 3 nitrogen and oxygen atoms in total. The van der Waals surface area contributed by atoms with Gasteiger partial charge in [0.2, 0.25) is 0 Å². The van der Waals surface area contributed by atoms with Crippen LogP contribution in [0.3, 0.4) is 0 Å². The van der Waals surface area contributed by atoms with E-state index in [0.717, 1.165) is 19.3 Å². The molecule has 0 unspecified atom stereocenters. The van der Waals surface area contributed by atoms with Gasteiger partial charge in [-0.3, -0.25) is 4.79 Å². The van der Waals surface area contributed by atoms with E-state index in [4.69, 9.17) is 0 Å². The zero-order chi connectivity index (χ0) is 15.5. The number of nitrogens with one attached hydrogen (secondary N) is 1. The van der Waals surface area contributed by atoms with Gasteiger partial charge in [0.15, 0.2) is 0 Å². The third-order valence-electron chi connectivity index (χ3n) is 4.32. The van der Waals surface area contributed by atoms with Crippen LogP contribution >= 0.6 is 15.9 Å². The first-order chi connectivity index (χ1) is 9.92. The molecule has 1 aromatic rings. The number of rotatable bonds is 4. The van der Waals surface area contributed by atoms with Crippen LogP contribution in [0, 0.1) is 11.7 Å². The summed E-state index contributed by atoms with van der Waals surface area (Å²) in [6.07, 6.45) is 4.54. The first kappa shape index (κ1) is 16.4. The van der Waals surface area contributed by atoms with Crippen LogP contribution in [0.25, 0.3) is 0 Å². The fraction of sp³-hybridized carbons (Fsp3) is 0.562. The molecular weight excluding hydrogens is 337 g/mol. The van der Waals surface area contributed by atoms with Crippen LogP contribution in [0.1, 0.15) is 49.4 Å². The Morgan fingerprint density at radius 2 is 2.10 bits per heavy atom. The molecule has 1 saturated carbocycles. The molecule has 0 bridgehead atoms. The van der Waals surface area contributed by atoms with Gasteiger partial charge in [0.1, 0.15) is 5.82 Å². The Hall–Kier alpha value is -0.940. The Labute approximate surface area is 133 Å². The lowest BCUT2D eigenvalue weighted by Gasteiger charge is -2.35. The van der Waals surface area contributed by atoms with Crippen molar-refractivity contribution in [2.24, 2.45) is 5.92 Å². The molecule has 116 valence electrons. The highest BCUT2D eigenvalue weighted by Gasteiger charge is 2.32. The molecule has 0 spiro atoms.